The largest absolute Gasteiger partial charge is 0.436 e. The number of carbonyl (C=O) groups excluding carboxylic acids is 2. The van der Waals surface area contributed by atoms with Crippen LogP contribution in [0.1, 0.15) is 33.6 Å². The summed E-state index contributed by atoms with van der Waals surface area (Å²) in [7, 11) is 1.22. The molecule has 0 unspecified atom stereocenters. The number of para-hydroxylation sites is 1. The van der Waals surface area contributed by atoms with Gasteiger partial charge >= 0.3 is 6.18 Å². The molecule has 0 saturated heterocycles. The number of hydrogen-bond acceptors (Lipinski definition) is 4. The zero-order valence-electron chi connectivity index (χ0n) is 15.8. The molecular formula is C18H16BrF3N6O2. The van der Waals surface area contributed by atoms with Crippen molar-refractivity contribution in [3.8, 4) is 0 Å². The van der Waals surface area contributed by atoms with Gasteiger partial charge in [-0.25, -0.2) is 0 Å². The van der Waals surface area contributed by atoms with E-state index < -0.39 is 28.2 Å². The summed E-state index contributed by atoms with van der Waals surface area (Å²) in [5.41, 5.74) is -1.07. The van der Waals surface area contributed by atoms with E-state index in [9.17, 15) is 22.8 Å². The number of halogens is 4. The average Bonchev–Trinajstić information content (AvgIpc) is 3.22. The molecule has 0 fully saturated rings. The Morgan fingerprint density at radius 1 is 1.10 bits per heavy atom. The molecule has 0 radical (unpaired) electrons. The molecule has 2 amide bonds. The van der Waals surface area contributed by atoms with Gasteiger partial charge in [-0.05, 0) is 35.0 Å². The predicted octanol–water partition coefficient (Wildman–Crippen LogP) is 3.92. The number of anilines is 2. The number of aryl methyl sites for hydroxylation is 2. The number of benzene rings is 1. The lowest BCUT2D eigenvalue weighted by Gasteiger charge is -2.07. The van der Waals surface area contributed by atoms with Gasteiger partial charge < -0.3 is 10.6 Å². The van der Waals surface area contributed by atoms with Crippen molar-refractivity contribution in [1.82, 2.24) is 19.6 Å². The SMILES string of the molecule is CCn1cc(NC(=O)c2c(Br)c(C(F)(F)F)nn2C)c(C(=O)Nc2ccccc2)n1. The maximum Gasteiger partial charge on any atom is 0.436 e. The standard InChI is InChI=1S/C18H16BrF3N6O2/c1-3-28-9-11(13(25-28)16(29)23-10-7-5-4-6-8-10)24-17(30)14-12(19)15(18(20,21)22)26-27(14)2/h4-9H,3H2,1-2H3,(H,23,29)(H,24,30). The van der Waals surface area contributed by atoms with Crippen LogP contribution in [0.25, 0.3) is 0 Å². The second-order valence-corrected chi connectivity index (χ2v) is 6.95. The van der Waals surface area contributed by atoms with Gasteiger partial charge in [0.25, 0.3) is 11.8 Å². The number of alkyl halides is 3. The lowest BCUT2D eigenvalue weighted by atomic mass is 10.2. The van der Waals surface area contributed by atoms with E-state index in [1.807, 2.05) is 0 Å². The first-order chi connectivity index (χ1) is 14.1. The summed E-state index contributed by atoms with van der Waals surface area (Å²) in [6.45, 7) is 2.19. The van der Waals surface area contributed by atoms with E-state index >= 15 is 0 Å². The minimum atomic E-state index is -4.73. The van der Waals surface area contributed by atoms with Crippen molar-refractivity contribution in [1.29, 1.82) is 0 Å². The molecule has 1 aromatic carbocycles. The van der Waals surface area contributed by atoms with Crippen molar-refractivity contribution in [2.75, 3.05) is 10.6 Å². The van der Waals surface area contributed by atoms with Crippen molar-refractivity contribution in [3.63, 3.8) is 0 Å². The number of amides is 2. The minimum Gasteiger partial charge on any atom is -0.321 e. The van der Waals surface area contributed by atoms with Gasteiger partial charge in [0.15, 0.2) is 11.4 Å². The van der Waals surface area contributed by atoms with E-state index in [-0.39, 0.29) is 17.1 Å². The molecule has 0 aliphatic carbocycles. The molecule has 3 rings (SSSR count). The maximum atomic E-state index is 13.1. The average molecular weight is 485 g/mol. The van der Waals surface area contributed by atoms with Crippen LogP contribution >= 0.6 is 15.9 Å². The molecule has 0 saturated carbocycles. The van der Waals surface area contributed by atoms with E-state index in [1.165, 1.54) is 17.9 Å². The number of aromatic nitrogens is 4. The molecular weight excluding hydrogens is 469 g/mol. The summed E-state index contributed by atoms with van der Waals surface area (Å²) in [5, 5.41) is 12.6. The summed E-state index contributed by atoms with van der Waals surface area (Å²) in [6.07, 6.45) is -3.31. The number of carbonyl (C=O) groups is 2. The molecule has 158 valence electrons. The molecule has 2 heterocycles. The molecule has 0 spiro atoms. The summed E-state index contributed by atoms with van der Waals surface area (Å²) < 4.78 is 40.9. The smallest absolute Gasteiger partial charge is 0.321 e. The minimum absolute atomic E-state index is 0.0527. The van der Waals surface area contributed by atoms with Crippen LogP contribution in [-0.4, -0.2) is 31.4 Å². The number of hydrogen-bond donors (Lipinski definition) is 2. The lowest BCUT2D eigenvalue weighted by molar-refractivity contribution is -0.142. The van der Waals surface area contributed by atoms with Crippen LogP contribution in [-0.2, 0) is 19.8 Å². The molecule has 30 heavy (non-hydrogen) atoms. The third-order valence-corrected chi connectivity index (χ3v) is 4.80. The van der Waals surface area contributed by atoms with Crippen molar-refractivity contribution >= 4 is 39.1 Å². The summed E-state index contributed by atoms with van der Waals surface area (Å²) in [4.78, 5) is 25.3. The van der Waals surface area contributed by atoms with Crippen molar-refractivity contribution in [2.45, 2.75) is 19.6 Å². The van der Waals surface area contributed by atoms with Gasteiger partial charge in [-0.1, -0.05) is 18.2 Å². The first kappa shape index (κ1) is 21.6. The third kappa shape index (κ3) is 4.37. The van der Waals surface area contributed by atoms with Crippen LogP contribution in [0.4, 0.5) is 24.5 Å². The molecule has 0 aliphatic heterocycles. The van der Waals surface area contributed by atoms with Gasteiger partial charge in [0.1, 0.15) is 5.69 Å². The Bertz CT molecular complexity index is 1090. The number of nitrogens with one attached hydrogen (secondary N) is 2. The van der Waals surface area contributed by atoms with E-state index in [1.54, 1.807) is 37.3 Å². The number of nitrogens with zero attached hydrogens (tertiary/aromatic N) is 4. The quantitative estimate of drug-likeness (QED) is 0.573. The second kappa shape index (κ2) is 8.30. The van der Waals surface area contributed by atoms with Gasteiger partial charge in [0, 0.05) is 25.5 Å². The van der Waals surface area contributed by atoms with E-state index in [4.69, 9.17) is 0 Å². The molecule has 8 nitrogen and oxygen atoms in total. The molecule has 3 aromatic rings. The second-order valence-electron chi connectivity index (χ2n) is 6.15. The highest BCUT2D eigenvalue weighted by molar-refractivity contribution is 9.10. The van der Waals surface area contributed by atoms with Crippen molar-refractivity contribution in [3.05, 3.63) is 58.1 Å². The monoisotopic (exact) mass is 484 g/mol. The highest BCUT2D eigenvalue weighted by Gasteiger charge is 2.39. The Labute approximate surface area is 177 Å². The molecule has 0 aliphatic rings. The fraction of sp³-hybridized carbons (Fsp3) is 0.222. The molecule has 0 bridgehead atoms. The van der Waals surface area contributed by atoms with E-state index in [2.05, 4.69) is 36.8 Å². The summed E-state index contributed by atoms with van der Waals surface area (Å²) >= 11 is 2.80. The zero-order chi connectivity index (χ0) is 22.1. The predicted molar refractivity (Wildman–Crippen MR) is 106 cm³/mol. The van der Waals surface area contributed by atoms with Gasteiger partial charge in [-0.3, -0.25) is 19.0 Å². The van der Waals surface area contributed by atoms with Crippen LogP contribution < -0.4 is 10.6 Å². The number of rotatable bonds is 5. The first-order valence-corrected chi connectivity index (χ1v) is 9.46. The molecule has 2 aromatic heterocycles. The molecule has 12 heteroatoms. The topological polar surface area (TPSA) is 93.8 Å². The molecule has 0 atom stereocenters. The van der Waals surface area contributed by atoms with Crippen LogP contribution in [0.15, 0.2) is 41.0 Å². The third-order valence-electron chi connectivity index (χ3n) is 4.05. The Kier molecular flexibility index (Phi) is 5.97. The van der Waals surface area contributed by atoms with Crippen LogP contribution in [0.3, 0.4) is 0 Å². The van der Waals surface area contributed by atoms with Gasteiger partial charge in [-0.15, -0.1) is 0 Å². The Balaban J connectivity index is 1.90. The van der Waals surface area contributed by atoms with Crippen molar-refractivity contribution < 1.29 is 22.8 Å². The maximum absolute atomic E-state index is 13.1. The Hall–Kier alpha value is -3.15. The Morgan fingerprint density at radius 3 is 2.33 bits per heavy atom. The first-order valence-electron chi connectivity index (χ1n) is 8.66. The van der Waals surface area contributed by atoms with Crippen molar-refractivity contribution in [2.24, 2.45) is 7.05 Å². The van der Waals surface area contributed by atoms with Gasteiger partial charge in [-0.2, -0.15) is 23.4 Å². The zero-order valence-corrected chi connectivity index (χ0v) is 17.4. The molecule has 2 N–H and O–H groups in total. The fourth-order valence-corrected chi connectivity index (χ4v) is 3.40. The normalized spacial score (nSPS) is 11.4. The van der Waals surface area contributed by atoms with Crippen LogP contribution in [0.2, 0.25) is 0 Å². The van der Waals surface area contributed by atoms with Crippen LogP contribution in [0, 0.1) is 0 Å². The Morgan fingerprint density at radius 2 is 1.77 bits per heavy atom. The highest BCUT2D eigenvalue weighted by Crippen LogP contribution is 2.35. The van der Waals surface area contributed by atoms with E-state index in [0.717, 1.165) is 4.68 Å². The fourth-order valence-electron chi connectivity index (χ4n) is 2.66. The lowest BCUT2D eigenvalue weighted by Crippen LogP contribution is -2.20. The summed E-state index contributed by atoms with van der Waals surface area (Å²) in [5.74, 6) is -1.46. The highest BCUT2D eigenvalue weighted by atomic mass is 79.9. The van der Waals surface area contributed by atoms with Gasteiger partial charge in [0.05, 0.1) is 10.2 Å². The van der Waals surface area contributed by atoms with Gasteiger partial charge in [0.2, 0.25) is 0 Å². The summed E-state index contributed by atoms with van der Waals surface area (Å²) in [6, 6.07) is 8.62. The van der Waals surface area contributed by atoms with E-state index in [0.29, 0.717) is 12.2 Å². The van der Waals surface area contributed by atoms with Crippen LogP contribution in [0.5, 0.6) is 0 Å².